The van der Waals surface area contributed by atoms with Gasteiger partial charge in [0.05, 0.1) is 26.1 Å². The van der Waals surface area contributed by atoms with Crippen molar-refractivity contribution in [3.63, 3.8) is 0 Å². The molecule has 5 rings (SSSR count). The number of methoxy groups -OCH3 is 2. The maximum Gasteiger partial charge on any atom is 0.308 e. The number of carbonyl (C=O) groups is 2. The molecule has 4 aromatic rings. The van der Waals surface area contributed by atoms with Gasteiger partial charge >= 0.3 is 5.97 Å². The van der Waals surface area contributed by atoms with Gasteiger partial charge in [0.15, 0.2) is 11.5 Å². The Morgan fingerprint density at radius 1 is 1.03 bits per heavy atom. The van der Waals surface area contributed by atoms with Crippen LogP contribution in [0, 0.1) is 0 Å². The number of esters is 1. The van der Waals surface area contributed by atoms with Crippen molar-refractivity contribution >= 4 is 28.9 Å². The van der Waals surface area contributed by atoms with E-state index in [1.807, 2.05) is 0 Å². The van der Waals surface area contributed by atoms with Gasteiger partial charge in [-0.25, -0.2) is 5.43 Å². The van der Waals surface area contributed by atoms with Gasteiger partial charge in [-0.05, 0) is 52.9 Å². The average Bonchev–Trinajstić information content (AvgIpc) is 3.53. The number of hydrazone groups is 1. The molecule has 0 saturated carbocycles. The average molecular weight is 485 g/mol. The molecule has 1 amide bonds. The number of aromatic nitrogens is 2. The van der Waals surface area contributed by atoms with Crippen LogP contribution in [0.2, 0.25) is 0 Å². The van der Waals surface area contributed by atoms with Crippen LogP contribution in [0.4, 0.5) is 0 Å². The molecule has 0 saturated heterocycles. The molecular formula is C27H24N4O5. The lowest BCUT2D eigenvalue weighted by Gasteiger charge is -2.13. The van der Waals surface area contributed by atoms with E-state index in [2.05, 4.69) is 51.1 Å². The van der Waals surface area contributed by atoms with E-state index >= 15 is 0 Å². The second kappa shape index (κ2) is 9.53. The molecule has 0 radical (unpaired) electrons. The van der Waals surface area contributed by atoms with Crippen LogP contribution in [0.3, 0.4) is 0 Å². The van der Waals surface area contributed by atoms with Gasteiger partial charge in [0.1, 0.15) is 5.69 Å². The fourth-order valence-electron chi connectivity index (χ4n) is 4.49. The fraction of sp³-hybridized carbons (Fsp3) is 0.185. The number of rotatable bonds is 7. The number of ether oxygens (including phenoxy) is 3. The highest BCUT2D eigenvalue weighted by molar-refractivity contribution is 6.02. The number of aromatic amines is 1. The lowest BCUT2D eigenvalue weighted by Crippen LogP contribution is -2.18. The van der Waals surface area contributed by atoms with E-state index in [0.717, 1.165) is 23.8 Å². The van der Waals surface area contributed by atoms with Gasteiger partial charge in [-0.2, -0.15) is 10.2 Å². The summed E-state index contributed by atoms with van der Waals surface area (Å²) in [5.74, 6) is -0.189. The highest BCUT2D eigenvalue weighted by Gasteiger charge is 2.19. The second-order valence-corrected chi connectivity index (χ2v) is 8.33. The summed E-state index contributed by atoms with van der Waals surface area (Å²) in [5.41, 5.74) is 7.70. The monoisotopic (exact) mass is 484 g/mol. The van der Waals surface area contributed by atoms with Gasteiger partial charge in [0.2, 0.25) is 5.75 Å². The SMILES string of the molecule is COc1cc(/C=N/NC(=O)c2cc(-c3ccc4c5c(cccc35)CC4)n[nH]2)cc(OC)c1OC(C)=O. The van der Waals surface area contributed by atoms with E-state index in [0.29, 0.717) is 22.8 Å². The molecule has 0 fully saturated rings. The number of nitrogens with one attached hydrogen (secondary N) is 2. The topological polar surface area (TPSA) is 115 Å². The van der Waals surface area contributed by atoms with Crippen LogP contribution in [0.5, 0.6) is 17.2 Å². The molecule has 0 bridgehead atoms. The maximum absolute atomic E-state index is 12.7. The molecule has 9 nitrogen and oxygen atoms in total. The van der Waals surface area contributed by atoms with Gasteiger partial charge in [-0.1, -0.05) is 30.3 Å². The third-order valence-corrected chi connectivity index (χ3v) is 6.08. The van der Waals surface area contributed by atoms with E-state index in [1.165, 1.54) is 43.9 Å². The van der Waals surface area contributed by atoms with Crippen LogP contribution in [0.1, 0.15) is 34.1 Å². The molecule has 2 N–H and O–H groups in total. The van der Waals surface area contributed by atoms with Crippen molar-refractivity contribution in [3.8, 4) is 28.5 Å². The Morgan fingerprint density at radius 3 is 2.44 bits per heavy atom. The largest absolute Gasteiger partial charge is 0.493 e. The van der Waals surface area contributed by atoms with Crippen LogP contribution >= 0.6 is 0 Å². The normalized spacial score (nSPS) is 12.2. The number of hydrogen-bond acceptors (Lipinski definition) is 7. The highest BCUT2D eigenvalue weighted by atomic mass is 16.6. The first-order valence-corrected chi connectivity index (χ1v) is 11.4. The summed E-state index contributed by atoms with van der Waals surface area (Å²) in [7, 11) is 2.89. The first kappa shape index (κ1) is 23.1. The quantitative estimate of drug-likeness (QED) is 0.177. The molecule has 36 heavy (non-hydrogen) atoms. The van der Waals surface area contributed by atoms with E-state index in [9.17, 15) is 9.59 Å². The van der Waals surface area contributed by atoms with Crippen LogP contribution in [-0.2, 0) is 17.6 Å². The van der Waals surface area contributed by atoms with Crippen molar-refractivity contribution in [2.24, 2.45) is 5.10 Å². The molecule has 1 heterocycles. The minimum Gasteiger partial charge on any atom is -0.493 e. The summed E-state index contributed by atoms with van der Waals surface area (Å²) in [5, 5.41) is 13.6. The number of H-pyrrole nitrogens is 1. The summed E-state index contributed by atoms with van der Waals surface area (Å²) < 4.78 is 15.8. The lowest BCUT2D eigenvalue weighted by molar-refractivity contribution is -0.132. The zero-order valence-electron chi connectivity index (χ0n) is 20.0. The van der Waals surface area contributed by atoms with Gasteiger partial charge in [0, 0.05) is 18.1 Å². The predicted octanol–water partition coefficient (Wildman–Crippen LogP) is 4.03. The van der Waals surface area contributed by atoms with Crippen molar-refractivity contribution in [2.75, 3.05) is 14.2 Å². The molecule has 3 aromatic carbocycles. The molecule has 1 aliphatic rings. The number of nitrogens with zero attached hydrogens (tertiary/aromatic N) is 2. The van der Waals surface area contributed by atoms with Crippen LogP contribution in [0.25, 0.3) is 22.0 Å². The van der Waals surface area contributed by atoms with Gasteiger partial charge < -0.3 is 14.2 Å². The number of hydrogen-bond donors (Lipinski definition) is 2. The predicted molar refractivity (Wildman–Crippen MR) is 135 cm³/mol. The fourth-order valence-corrected chi connectivity index (χ4v) is 4.49. The molecule has 1 aliphatic carbocycles. The van der Waals surface area contributed by atoms with Crippen molar-refractivity contribution in [1.29, 1.82) is 0 Å². The maximum atomic E-state index is 12.7. The number of amides is 1. The Labute approximate surface area is 207 Å². The first-order valence-electron chi connectivity index (χ1n) is 11.4. The standard InChI is InChI=1S/C27H24N4O5/c1-15(32)36-26-23(34-2)11-16(12-24(26)35-3)14-28-31-27(33)22-13-21(29-30-22)19-10-9-18-8-7-17-5-4-6-20(19)25(17)18/h4-6,9-14H,7-8H2,1-3H3,(H,29,30)(H,31,33)/b28-14+. The number of benzene rings is 3. The van der Waals surface area contributed by atoms with E-state index in [-0.39, 0.29) is 11.4 Å². The first-order chi connectivity index (χ1) is 17.5. The van der Waals surface area contributed by atoms with Gasteiger partial charge in [0.25, 0.3) is 5.91 Å². The Bertz CT molecular complexity index is 1490. The Balaban J connectivity index is 1.34. The minimum atomic E-state index is -0.503. The Morgan fingerprint density at radius 2 is 1.75 bits per heavy atom. The van der Waals surface area contributed by atoms with Gasteiger partial charge in [-0.15, -0.1) is 0 Å². The van der Waals surface area contributed by atoms with Crippen molar-refractivity contribution in [2.45, 2.75) is 19.8 Å². The molecule has 1 aromatic heterocycles. The number of carbonyl (C=O) groups excluding carboxylic acids is 2. The molecular weight excluding hydrogens is 460 g/mol. The van der Waals surface area contributed by atoms with Crippen molar-refractivity contribution in [3.05, 3.63) is 70.9 Å². The minimum absolute atomic E-state index is 0.168. The van der Waals surface area contributed by atoms with Crippen LogP contribution in [-0.4, -0.2) is 42.5 Å². The molecule has 0 spiro atoms. The molecule has 0 atom stereocenters. The Kier molecular flexibility index (Phi) is 6.12. The Hall–Kier alpha value is -4.66. The second-order valence-electron chi connectivity index (χ2n) is 8.33. The third kappa shape index (κ3) is 4.26. The van der Waals surface area contributed by atoms with E-state index < -0.39 is 11.9 Å². The molecule has 182 valence electrons. The van der Waals surface area contributed by atoms with Gasteiger partial charge in [-0.3, -0.25) is 14.7 Å². The summed E-state index contributed by atoms with van der Waals surface area (Å²) in [6.07, 6.45) is 3.53. The smallest absolute Gasteiger partial charge is 0.308 e. The highest BCUT2D eigenvalue weighted by Crippen LogP contribution is 2.38. The van der Waals surface area contributed by atoms with Crippen molar-refractivity contribution < 1.29 is 23.8 Å². The zero-order valence-corrected chi connectivity index (χ0v) is 20.0. The van der Waals surface area contributed by atoms with E-state index in [4.69, 9.17) is 14.2 Å². The summed E-state index contributed by atoms with van der Waals surface area (Å²) >= 11 is 0. The lowest BCUT2D eigenvalue weighted by atomic mass is 9.98. The van der Waals surface area contributed by atoms with Crippen molar-refractivity contribution in [1.82, 2.24) is 15.6 Å². The van der Waals surface area contributed by atoms with Crippen LogP contribution in [0.15, 0.2) is 53.6 Å². The summed E-state index contributed by atoms with van der Waals surface area (Å²) in [6.45, 7) is 1.29. The zero-order chi connectivity index (χ0) is 25.2. The molecule has 0 unspecified atom stereocenters. The van der Waals surface area contributed by atoms with Crippen LogP contribution < -0.4 is 19.6 Å². The summed E-state index contributed by atoms with van der Waals surface area (Å²) in [6, 6.07) is 15.5. The number of aryl methyl sites for hydroxylation is 2. The molecule has 9 heteroatoms. The third-order valence-electron chi connectivity index (χ3n) is 6.08. The summed E-state index contributed by atoms with van der Waals surface area (Å²) in [4.78, 5) is 24.1. The van der Waals surface area contributed by atoms with E-state index in [1.54, 1.807) is 18.2 Å². The molecule has 0 aliphatic heterocycles.